The van der Waals surface area contributed by atoms with Gasteiger partial charge in [0.05, 0.1) is 0 Å². The van der Waals surface area contributed by atoms with Crippen LogP contribution in [0.3, 0.4) is 0 Å². The quantitative estimate of drug-likeness (QED) is 0.554. The van der Waals surface area contributed by atoms with E-state index in [0.29, 0.717) is 0 Å². The number of rotatable bonds is 6. The number of hydrogen-bond donors (Lipinski definition) is 1. The zero-order valence-corrected chi connectivity index (χ0v) is 8.72. The van der Waals surface area contributed by atoms with Gasteiger partial charge in [0.25, 0.3) is 0 Å². The summed E-state index contributed by atoms with van der Waals surface area (Å²) in [5, 5.41) is 7.43. The van der Waals surface area contributed by atoms with Crippen molar-refractivity contribution in [1.29, 1.82) is 0 Å². The zero-order chi connectivity index (χ0) is 9.52. The van der Waals surface area contributed by atoms with Crippen LogP contribution < -0.4 is 5.32 Å². The van der Waals surface area contributed by atoms with E-state index in [-0.39, 0.29) is 0 Å². The Balaban J connectivity index is 2.10. The molecule has 0 aliphatic heterocycles. The third-order valence-electron chi connectivity index (χ3n) is 1.97. The second-order valence-electron chi connectivity index (χ2n) is 2.99. The second-order valence-corrected chi connectivity index (χ2v) is 3.37. The van der Waals surface area contributed by atoms with Crippen LogP contribution in [0.25, 0.3) is 0 Å². The summed E-state index contributed by atoms with van der Waals surface area (Å²) in [6, 6.07) is 2.04. The van der Waals surface area contributed by atoms with Crippen LogP contribution in [0.15, 0.2) is 12.3 Å². The summed E-state index contributed by atoms with van der Waals surface area (Å²) in [5.74, 6) is 0.735. The maximum Gasteiger partial charge on any atom is 0.0492 e. The van der Waals surface area contributed by atoms with Crippen LogP contribution in [0.5, 0.6) is 0 Å². The van der Waals surface area contributed by atoms with Gasteiger partial charge in [0.15, 0.2) is 0 Å². The fraction of sp³-hybridized carbons (Fsp3) is 0.667. The summed E-state index contributed by atoms with van der Waals surface area (Å²) < 4.78 is 1.91. The molecule has 1 aromatic heterocycles. The molecule has 0 fully saturated rings. The Morgan fingerprint density at radius 1 is 1.54 bits per heavy atom. The standard InChI is InChI=1S/C9H16ClN3/c1-13-9(4-8-12-13)3-7-11-6-2-5-10/h4,8,11H,2-3,5-7H2,1H3. The van der Waals surface area contributed by atoms with Crippen molar-refractivity contribution in [2.45, 2.75) is 12.8 Å². The highest BCUT2D eigenvalue weighted by atomic mass is 35.5. The van der Waals surface area contributed by atoms with E-state index in [0.717, 1.165) is 31.8 Å². The van der Waals surface area contributed by atoms with Crippen molar-refractivity contribution in [2.75, 3.05) is 19.0 Å². The zero-order valence-electron chi connectivity index (χ0n) is 7.96. The number of alkyl halides is 1. The van der Waals surface area contributed by atoms with Crippen LogP contribution in [0.4, 0.5) is 0 Å². The van der Waals surface area contributed by atoms with Gasteiger partial charge in [-0.25, -0.2) is 0 Å². The molecule has 0 amide bonds. The molecule has 3 nitrogen and oxygen atoms in total. The number of aryl methyl sites for hydroxylation is 1. The molecule has 1 heterocycles. The van der Waals surface area contributed by atoms with E-state index in [4.69, 9.17) is 11.6 Å². The molecule has 0 unspecified atom stereocenters. The average Bonchev–Trinajstić information content (AvgIpc) is 2.52. The Labute approximate surface area is 84.1 Å². The van der Waals surface area contributed by atoms with Gasteiger partial charge in [0.1, 0.15) is 0 Å². The molecular formula is C9H16ClN3. The summed E-state index contributed by atoms with van der Waals surface area (Å²) in [5.41, 5.74) is 1.26. The minimum Gasteiger partial charge on any atom is -0.316 e. The van der Waals surface area contributed by atoms with Crippen molar-refractivity contribution in [3.8, 4) is 0 Å². The fourth-order valence-electron chi connectivity index (χ4n) is 1.18. The first-order valence-electron chi connectivity index (χ1n) is 4.58. The smallest absolute Gasteiger partial charge is 0.0492 e. The summed E-state index contributed by atoms with van der Waals surface area (Å²) in [6.07, 6.45) is 3.89. The van der Waals surface area contributed by atoms with Crippen LogP contribution in [0, 0.1) is 0 Å². The highest BCUT2D eigenvalue weighted by molar-refractivity contribution is 6.17. The number of nitrogens with one attached hydrogen (secondary N) is 1. The van der Waals surface area contributed by atoms with Crippen molar-refractivity contribution >= 4 is 11.6 Å². The summed E-state index contributed by atoms with van der Waals surface area (Å²) >= 11 is 5.55. The lowest BCUT2D eigenvalue weighted by atomic mass is 10.3. The van der Waals surface area contributed by atoms with E-state index in [1.807, 2.05) is 24.0 Å². The molecule has 0 aliphatic carbocycles. The minimum absolute atomic E-state index is 0.735. The van der Waals surface area contributed by atoms with E-state index < -0.39 is 0 Å². The maximum absolute atomic E-state index is 5.55. The predicted octanol–water partition coefficient (Wildman–Crippen LogP) is 1.18. The molecule has 0 bridgehead atoms. The van der Waals surface area contributed by atoms with E-state index in [1.54, 1.807) is 0 Å². The first-order chi connectivity index (χ1) is 6.34. The SMILES string of the molecule is Cn1nccc1CCNCCCCl. The first-order valence-corrected chi connectivity index (χ1v) is 5.11. The molecule has 74 valence electrons. The van der Waals surface area contributed by atoms with Crippen molar-refractivity contribution in [2.24, 2.45) is 7.05 Å². The molecule has 0 radical (unpaired) electrons. The van der Waals surface area contributed by atoms with Gasteiger partial charge in [-0.3, -0.25) is 4.68 Å². The van der Waals surface area contributed by atoms with Gasteiger partial charge in [-0.2, -0.15) is 5.10 Å². The van der Waals surface area contributed by atoms with Crippen molar-refractivity contribution in [3.63, 3.8) is 0 Å². The first kappa shape index (κ1) is 10.5. The average molecular weight is 202 g/mol. The van der Waals surface area contributed by atoms with E-state index in [1.165, 1.54) is 5.69 Å². The van der Waals surface area contributed by atoms with Crippen LogP contribution in [-0.4, -0.2) is 28.8 Å². The highest BCUT2D eigenvalue weighted by Crippen LogP contribution is 1.95. The van der Waals surface area contributed by atoms with Crippen LogP contribution in [0.1, 0.15) is 12.1 Å². The van der Waals surface area contributed by atoms with Crippen LogP contribution in [0.2, 0.25) is 0 Å². The Morgan fingerprint density at radius 3 is 3.00 bits per heavy atom. The van der Waals surface area contributed by atoms with E-state index in [2.05, 4.69) is 10.4 Å². The Morgan fingerprint density at radius 2 is 2.38 bits per heavy atom. The molecule has 1 N–H and O–H groups in total. The minimum atomic E-state index is 0.735. The van der Waals surface area contributed by atoms with Gasteiger partial charge in [-0.15, -0.1) is 11.6 Å². The van der Waals surface area contributed by atoms with Gasteiger partial charge in [-0.05, 0) is 19.0 Å². The number of hydrogen-bond acceptors (Lipinski definition) is 2. The van der Waals surface area contributed by atoms with Gasteiger partial charge in [0, 0.05) is 37.8 Å². The van der Waals surface area contributed by atoms with Crippen molar-refractivity contribution in [3.05, 3.63) is 18.0 Å². The normalized spacial score (nSPS) is 10.6. The molecule has 13 heavy (non-hydrogen) atoms. The molecule has 0 atom stereocenters. The third kappa shape index (κ3) is 3.79. The summed E-state index contributed by atoms with van der Waals surface area (Å²) in [6.45, 7) is 2.00. The molecule has 4 heteroatoms. The predicted molar refractivity (Wildman–Crippen MR) is 55.1 cm³/mol. The Hall–Kier alpha value is -0.540. The number of aromatic nitrogens is 2. The Bertz CT molecular complexity index is 235. The number of nitrogens with zero attached hydrogens (tertiary/aromatic N) is 2. The largest absolute Gasteiger partial charge is 0.316 e. The fourth-order valence-corrected chi connectivity index (χ4v) is 1.31. The molecule has 0 aromatic carbocycles. The van der Waals surface area contributed by atoms with Gasteiger partial charge in [0.2, 0.25) is 0 Å². The molecule has 0 aliphatic rings. The van der Waals surface area contributed by atoms with Crippen LogP contribution in [-0.2, 0) is 13.5 Å². The molecular weight excluding hydrogens is 186 g/mol. The monoisotopic (exact) mass is 201 g/mol. The topological polar surface area (TPSA) is 29.9 Å². The molecule has 0 spiro atoms. The van der Waals surface area contributed by atoms with Crippen LogP contribution >= 0.6 is 11.6 Å². The second kappa shape index (κ2) is 6.00. The molecule has 1 aromatic rings. The lowest BCUT2D eigenvalue weighted by Crippen LogP contribution is -2.19. The highest BCUT2D eigenvalue weighted by Gasteiger charge is 1.96. The van der Waals surface area contributed by atoms with Gasteiger partial charge >= 0.3 is 0 Å². The molecule has 0 saturated heterocycles. The molecule has 1 rings (SSSR count). The maximum atomic E-state index is 5.55. The van der Waals surface area contributed by atoms with E-state index in [9.17, 15) is 0 Å². The van der Waals surface area contributed by atoms with Gasteiger partial charge < -0.3 is 5.32 Å². The molecule has 0 saturated carbocycles. The lowest BCUT2D eigenvalue weighted by Gasteiger charge is -2.03. The van der Waals surface area contributed by atoms with Crippen molar-refractivity contribution in [1.82, 2.24) is 15.1 Å². The summed E-state index contributed by atoms with van der Waals surface area (Å²) in [7, 11) is 1.97. The Kier molecular flexibility index (Phi) is 4.86. The number of halogens is 1. The third-order valence-corrected chi connectivity index (χ3v) is 2.23. The van der Waals surface area contributed by atoms with Gasteiger partial charge in [-0.1, -0.05) is 0 Å². The van der Waals surface area contributed by atoms with Crippen molar-refractivity contribution < 1.29 is 0 Å². The summed E-state index contributed by atoms with van der Waals surface area (Å²) in [4.78, 5) is 0. The lowest BCUT2D eigenvalue weighted by molar-refractivity contribution is 0.637. The van der Waals surface area contributed by atoms with E-state index >= 15 is 0 Å².